The molecule has 1 aliphatic rings. The van der Waals surface area contributed by atoms with Gasteiger partial charge in [-0.25, -0.2) is 4.98 Å². The van der Waals surface area contributed by atoms with Crippen molar-refractivity contribution in [3.8, 4) is 0 Å². The Morgan fingerprint density at radius 3 is 2.73 bits per heavy atom. The number of aromatic nitrogens is 1. The largest absolute Gasteiger partial charge is 0.370 e. The normalized spacial score (nSPS) is 15.7. The molecule has 1 aromatic rings. The van der Waals surface area contributed by atoms with E-state index in [1.54, 1.807) is 0 Å². The number of nitrogens with zero attached hydrogens (tertiary/aromatic N) is 1. The zero-order chi connectivity index (χ0) is 11.1. The summed E-state index contributed by atoms with van der Waals surface area (Å²) in [6, 6.07) is 2.24. The van der Waals surface area contributed by atoms with Crippen molar-refractivity contribution in [3.63, 3.8) is 0 Å². The van der Waals surface area contributed by atoms with Gasteiger partial charge in [-0.1, -0.05) is 20.8 Å². The third-order valence-electron chi connectivity index (χ3n) is 3.01. The number of nitrogens with one attached hydrogen (secondary N) is 1. The molecule has 2 rings (SSSR count). The van der Waals surface area contributed by atoms with Gasteiger partial charge in [0.1, 0.15) is 5.82 Å². The number of anilines is 1. The van der Waals surface area contributed by atoms with Crippen LogP contribution in [0.5, 0.6) is 0 Å². The fourth-order valence-corrected chi connectivity index (χ4v) is 2.02. The Labute approximate surface area is 92.1 Å². The first-order valence-corrected chi connectivity index (χ1v) is 5.73. The number of pyridine rings is 1. The van der Waals surface area contributed by atoms with Gasteiger partial charge in [-0.15, -0.1) is 0 Å². The van der Waals surface area contributed by atoms with E-state index in [1.165, 1.54) is 29.7 Å². The first-order chi connectivity index (χ1) is 6.98. The summed E-state index contributed by atoms with van der Waals surface area (Å²) in [5.41, 5.74) is 4.12. The topological polar surface area (TPSA) is 24.9 Å². The molecule has 1 N–H and O–H groups in total. The molecular formula is C13H20N2. The second kappa shape index (κ2) is 3.51. The number of rotatable bonds is 0. The van der Waals surface area contributed by atoms with Crippen molar-refractivity contribution in [2.75, 3.05) is 11.9 Å². The lowest BCUT2D eigenvalue weighted by Crippen LogP contribution is -2.20. The average Bonchev–Trinajstić information content (AvgIpc) is 2.16. The molecule has 0 unspecified atom stereocenters. The summed E-state index contributed by atoms with van der Waals surface area (Å²) in [5.74, 6) is 1.12. The summed E-state index contributed by atoms with van der Waals surface area (Å²) in [5, 5.41) is 3.40. The van der Waals surface area contributed by atoms with Gasteiger partial charge in [0.25, 0.3) is 0 Å². The number of aryl methyl sites for hydroxylation is 1. The van der Waals surface area contributed by atoms with Crippen LogP contribution in [-0.2, 0) is 11.8 Å². The first-order valence-electron chi connectivity index (χ1n) is 5.73. The van der Waals surface area contributed by atoms with Gasteiger partial charge in [0, 0.05) is 17.7 Å². The average molecular weight is 204 g/mol. The maximum absolute atomic E-state index is 4.73. The molecule has 0 saturated heterocycles. The molecule has 0 aromatic carbocycles. The molecule has 1 aromatic heterocycles. The zero-order valence-electron chi connectivity index (χ0n) is 10.1. The van der Waals surface area contributed by atoms with Crippen molar-refractivity contribution in [2.45, 2.75) is 46.0 Å². The first kappa shape index (κ1) is 10.5. The van der Waals surface area contributed by atoms with Gasteiger partial charge in [0.2, 0.25) is 0 Å². The molecule has 0 atom stereocenters. The van der Waals surface area contributed by atoms with Crippen LogP contribution in [0.1, 0.15) is 44.0 Å². The van der Waals surface area contributed by atoms with Crippen LogP contribution >= 0.6 is 0 Å². The summed E-state index contributed by atoms with van der Waals surface area (Å²) in [7, 11) is 0. The minimum absolute atomic E-state index is 0.138. The summed E-state index contributed by atoms with van der Waals surface area (Å²) >= 11 is 0. The van der Waals surface area contributed by atoms with E-state index in [0.717, 1.165) is 12.4 Å². The molecule has 0 saturated carbocycles. The summed E-state index contributed by atoms with van der Waals surface area (Å²) in [6.07, 6.45) is 2.40. The quantitative estimate of drug-likeness (QED) is 0.702. The van der Waals surface area contributed by atoms with Gasteiger partial charge < -0.3 is 5.32 Å². The van der Waals surface area contributed by atoms with Gasteiger partial charge >= 0.3 is 0 Å². The van der Waals surface area contributed by atoms with Crippen LogP contribution in [0.3, 0.4) is 0 Å². The Bertz CT molecular complexity index is 375. The maximum atomic E-state index is 4.73. The molecule has 0 fully saturated rings. The SMILES string of the molecule is Cc1cc(C(C)(C)C)nc2c1CCCN2. The summed E-state index contributed by atoms with van der Waals surface area (Å²) in [4.78, 5) is 4.73. The van der Waals surface area contributed by atoms with E-state index < -0.39 is 0 Å². The van der Waals surface area contributed by atoms with Crippen molar-refractivity contribution < 1.29 is 0 Å². The maximum Gasteiger partial charge on any atom is 0.129 e. The van der Waals surface area contributed by atoms with E-state index in [0.29, 0.717) is 0 Å². The second-order valence-electron chi connectivity index (χ2n) is 5.43. The van der Waals surface area contributed by atoms with E-state index in [1.807, 2.05) is 0 Å². The van der Waals surface area contributed by atoms with Crippen LogP contribution in [-0.4, -0.2) is 11.5 Å². The highest BCUT2D eigenvalue weighted by Gasteiger charge is 2.20. The number of fused-ring (bicyclic) bond motifs is 1. The van der Waals surface area contributed by atoms with Gasteiger partial charge in [0.15, 0.2) is 0 Å². The molecule has 2 heterocycles. The van der Waals surface area contributed by atoms with Crippen molar-refractivity contribution in [2.24, 2.45) is 0 Å². The third kappa shape index (κ3) is 1.99. The molecule has 2 nitrogen and oxygen atoms in total. The van der Waals surface area contributed by atoms with Crippen LogP contribution < -0.4 is 5.32 Å². The van der Waals surface area contributed by atoms with E-state index in [-0.39, 0.29) is 5.41 Å². The predicted molar refractivity (Wildman–Crippen MR) is 64.5 cm³/mol. The van der Waals surface area contributed by atoms with Crippen molar-refractivity contribution in [1.82, 2.24) is 4.98 Å². The molecule has 2 heteroatoms. The lowest BCUT2D eigenvalue weighted by atomic mass is 9.89. The molecule has 0 amide bonds. The van der Waals surface area contributed by atoms with Gasteiger partial charge in [-0.3, -0.25) is 0 Å². The van der Waals surface area contributed by atoms with Crippen molar-refractivity contribution in [1.29, 1.82) is 0 Å². The van der Waals surface area contributed by atoms with Crippen LogP contribution in [0.4, 0.5) is 5.82 Å². The Balaban J connectivity index is 2.50. The molecule has 0 bridgehead atoms. The predicted octanol–water partition coefficient (Wildman–Crippen LogP) is 3.05. The Morgan fingerprint density at radius 1 is 1.33 bits per heavy atom. The Hall–Kier alpha value is -1.05. The zero-order valence-corrected chi connectivity index (χ0v) is 10.1. The number of hydrogen-bond acceptors (Lipinski definition) is 2. The molecule has 0 spiro atoms. The van der Waals surface area contributed by atoms with Crippen molar-refractivity contribution >= 4 is 5.82 Å². The number of hydrogen-bond donors (Lipinski definition) is 1. The fourth-order valence-electron chi connectivity index (χ4n) is 2.02. The Kier molecular flexibility index (Phi) is 2.45. The second-order valence-corrected chi connectivity index (χ2v) is 5.43. The molecular weight excluding hydrogens is 184 g/mol. The smallest absolute Gasteiger partial charge is 0.129 e. The van der Waals surface area contributed by atoms with E-state index in [4.69, 9.17) is 4.98 Å². The summed E-state index contributed by atoms with van der Waals surface area (Å²) in [6.45, 7) is 9.90. The molecule has 82 valence electrons. The monoisotopic (exact) mass is 204 g/mol. The van der Waals surface area contributed by atoms with Crippen LogP contribution in [0, 0.1) is 6.92 Å². The summed E-state index contributed by atoms with van der Waals surface area (Å²) < 4.78 is 0. The van der Waals surface area contributed by atoms with E-state index >= 15 is 0 Å². The lowest BCUT2D eigenvalue weighted by Gasteiger charge is -2.24. The van der Waals surface area contributed by atoms with E-state index in [2.05, 4.69) is 39.1 Å². The lowest BCUT2D eigenvalue weighted by molar-refractivity contribution is 0.567. The molecule has 0 aliphatic carbocycles. The van der Waals surface area contributed by atoms with Gasteiger partial charge in [0.05, 0.1) is 0 Å². The molecule has 15 heavy (non-hydrogen) atoms. The van der Waals surface area contributed by atoms with Crippen LogP contribution in [0.15, 0.2) is 6.07 Å². The minimum atomic E-state index is 0.138. The standard InChI is InChI=1S/C13H20N2/c1-9-8-11(13(2,3)4)15-12-10(9)6-5-7-14-12/h8H,5-7H2,1-4H3,(H,14,15). The van der Waals surface area contributed by atoms with Gasteiger partial charge in [-0.2, -0.15) is 0 Å². The van der Waals surface area contributed by atoms with Crippen LogP contribution in [0.2, 0.25) is 0 Å². The van der Waals surface area contributed by atoms with Crippen LogP contribution in [0.25, 0.3) is 0 Å². The highest BCUT2D eigenvalue weighted by Crippen LogP contribution is 2.28. The minimum Gasteiger partial charge on any atom is -0.370 e. The van der Waals surface area contributed by atoms with Gasteiger partial charge in [-0.05, 0) is 37.0 Å². The molecule has 0 radical (unpaired) electrons. The van der Waals surface area contributed by atoms with Crippen molar-refractivity contribution in [3.05, 3.63) is 22.9 Å². The molecule has 1 aliphatic heterocycles. The highest BCUT2D eigenvalue weighted by atomic mass is 15.0. The highest BCUT2D eigenvalue weighted by molar-refractivity contribution is 5.51. The third-order valence-corrected chi connectivity index (χ3v) is 3.01. The Morgan fingerprint density at radius 2 is 2.07 bits per heavy atom. The van der Waals surface area contributed by atoms with E-state index in [9.17, 15) is 0 Å². The fraction of sp³-hybridized carbons (Fsp3) is 0.615.